The van der Waals surface area contributed by atoms with Gasteiger partial charge in [0.2, 0.25) is 0 Å². The molecule has 0 radical (unpaired) electrons. The fraction of sp³-hybridized carbons (Fsp3) is 1.00. The first kappa shape index (κ1) is 9.21. The van der Waals surface area contributed by atoms with E-state index in [9.17, 15) is 0 Å². The molecular weight excluding hydrogens is 170 g/mol. The summed E-state index contributed by atoms with van der Waals surface area (Å²) in [6, 6.07) is 0. The Balaban J connectivity index is 1.55. The molecule has 3 fully saturated rings. The minimum Gasteiger partial charge on any atom is -0.330 e. The predicted molar refractivity (Wildman–Crippen MR) is 58.9 cm³/mol. The van der Waals surface area contributed by atoms with Crippen molar-refractivity contribution in [1.82, 2.24) is 0 Å². The summed E-state index contributed by atoms with van der Waals surface area (Å²) in [4.78, 5) is 0. The summed E-state index contributed by atoms with van der Waals surface area (Å²) in [5, 5.41) is 0. The third-order valence-corrected chi connectivity index (χ3v) is 5.22. The van der Waals surface area contributed by atoms with Gasteiger partial charge in [0.05, 0.1) is 0 Å². The molecule has 3 atom stereocenters. The van der Waals surface area contributed by atoms with Crippen LogP contribution in [0.1, 0.15) is 51.4 Å². The van der Waals surface area contributed by atoms with Crippen molar-refractivity contribution >= 4 is 0 Å². The minimum absolute atomic E-state index is 0.604. The lowest BCUT2D eigenvalue weighted by molar-refractivity contribution is 0.0897. The van der Waals surface area contributed by atoms with E-state index in [0.717, 1.165) is 24.3 Å². The molecule has 3 aliphatic carbocycles. The highest BCUT2D eigenvalue weighted by molar-refractivity contribution is 4.96. The van der Waals surface area contributed by atoms with Crippen molar-refractivity contribution in [2.45, 2.75) is 51.4 Å². The van der Waals surface area contributed by atoms with Crippen LogP contribution in [-0.4, -0.2) is 6.54 Å². The molecule has 1 nitrogen and oxygen atoms in total. The molecule has 0 aromatic heterocycles. The molecule has 0 spiro atoms. The van der Waals surface area contributed by atoms with Crippen molar-refractivity contribution in [3.8, 4) is 0 Å². The smallest absolute Gasteiger partial charge is 0.00204 e. The standard InChI is InChI=1S/C13H23N/c14-9-13(4-1-5-13)8-10-2-3-11-7-12(11)6-10/h10-12H,1-9,14H2. The lowest BCUT2D eigenvalue weighted by Gasteiger charge is -2.44. The zero-order valence-corrected chi connectivity index (χ0v) is 9.17. The molecule has 0 saturated heterocycles. The monoisotopic (exact) mass is 193 g/mol. The SMILES string of the molecule is NCC1(CC2CCC3CC3C2)CCC1. The highest BCUT2D eigenvalue weighted by Gasteiger charge is 2.45. The van der Waals surface area contributed by atoms with Gasteiger partial charge in [-0.1, -0.05) is 12.8 Å². The van der Waals surface area contributed by atoms with Crippen molar-refractivity contribution in [3.63, 3.8) is 0 Å². The van der Waals surface area contributed by atoms with Crippen LogP contribution in [-0.2, 0) is 0 Å². The summed E-state index contributed by atoms with van der Waals surface area (Å²) in [7, 11) is 0. The highest BCUT2D eigenvalue weighted by Crippen LogP contribution is 2.55. The zero-order chi connectivity index (χ0) is 9.60. The first-order chi connectivity index (χ1) is 6.81. The Morgan fingerprint density at radius 1 is 1.07 bits per heavy atom. The van der Waals surface area contributed by atoms with Gasteiger partial charge >= 0.3 is 0 Å². The van der Waals surface area contributed by atoms with Crippen LogP contribution in [0.4, 0.5) is 0 Å². The van der Waals surface area contributed by atoms with Gasteiger partial charge in [-0.05, 0) is 68.2 Å². The highest BCUT2D eigenvalue weighted by atomic mass is 14.6. The van der Waals surface area contributed by atoms with Crippen LogP contribution < -0.4 is 5.73 Å². The molecule has 3 unspecified atom stereocenters. The van der Waals surface area contributed by atoms with Gasteiger partial charge < -0.3 is 5.73 Å². The van der Waals surface area contributed by atoms with Crippen molar-refractivity contribution in [2.24, 2.45) is 28.9 Å². The summed E-state index contributed by atoms with van der Waals surface area (Å²) in [5.74, 6) is 3.34. The number of nitrogens with two attached hydrogens (primary N) is 1. The van der Waals surface area contributed by atoms with Crippen molar-refractivity contribution in [2.75, 3.05) is 6.54 Å². The minimum atomic E-state index is 0.604. The summed E-state index contributed by atoms with van der Waals surface area (Å²) < 4.78 is 0. The Kier molecular flexibility index (Phi) is 2.12. The van der Waals surface area contributed by atoms with Gasteiger partial charge in [-0.25, -0.2) is 0 Å². The third-order valence-electron chi connectivity index (χ3n) is 5.22. The van der Waals surface area contributed by atoms with E-state index in [0.29, 0.717) is 5.41 Å². The maximum Gasteiger partial charge on any atom is -0.00204 e. The molecule has 0 aliphatic heterocycles. The summed E-state index contributed by atoms with van der Waals surface area (Å²) in [5.41, 5.74) is 6.53. The van der Waals surface area contributed by atoms with E-state index in [1.807, 2.05) is 0 Å². The van der Waals surface area contributed by atoms with Crippen LogP contribution >= 0.6 is 0 Å². The second-order valence-corrected chi connectivity index (χ2v) is 6.20. The van der Waals surface area contributed by atoms with E-state index in [1.54, 1.807) is 12.8 Å². The Labute approximate surface area is 87.4 Å². The molecule has 0 aromatic carbocycles. The van der Waals surface area contributed by atoms with Crippen LogP contribution in [0, 0.1) is 23.2 Å². The second-order valence-electron chi connectivity index (χ2n) is 6.20. The first-order valence-electron chi connectivity index (χ1n) is 6.51. The number of rotatable bonds is 3. The molecule has 0 heterocycles. The molecule has 2 N–H and O–H groups in total. The van der Waals surface area contributed by atoms with E-state index in [4.69, 9.17) is 5.73 Å². The normalized spacial score (nSPS) is 43.9. The largest absolute Gasteiger partial charge is 0.330 e. The number of hydrogen-bond donors (Lipinski definition) is 1. The van der Waals surface area contributed by atoms with Crippen molar-refractivity contribution < 1.29 is 0 Å². The van der Waals surface area contributed by atoms with E-state index in [1.165, 1.54) is 38.5 Å². The lowest BCUT2D eigenvalue weighted by atomic mass is 9.63. The van der Waals surface area contributed by atoms with Gasteiger partial charge in [0.25, 0.3) is 0 Å². The van der Waals surface area contributed by atoms with Crippen molar-refractivity contribution in [1.29, 1.82) is 0 Å². The molecule has 80 valence electrons. The summed E-state index contributed by atoms with van der Waals surface area (Å²) in [6.45, 7) is 0.956. The topological polar surface area (TPSA) is 26.0 Å². The molecule has 0 aromatic rings. The molecule has 1 heteroatoms. The molecule has 3 aliphatic rings. The maximum absolute atomic E-state index is 5.93. The van der Waals surface area contributed by atoms with Crippen molar-refractivity contribution in [3.05, 3.63) is 0 Å². The molecule has 3 rings (SSSR count). The summed E-state index contributed by atoms with van der Waals surface area (Å²) >= 11 is 0. The Hall–Kier alpha value is -0.0400. The number of fused-ring (bicyclic) bond motifs is 1. The number of hydrogen-bond acceptors (Lipinski definition) is 1. The van der Waals surface area contributed by atoms with Crippen LogP contribution in [0.15, 0.2) is 0 Å². The maximum atomic E-state index is 5.93. The van der Waals surface area contributed by atoms with Crippen LogP contribution in [0.3, 0.4) is 0 Å². The quantitative estimate of drug-likeness (QED) is 0.732. The van der Waals surface area contributed by atoms with Gasteiger partial charge in [-0.15, -0.1) is 0 Å². The van der Waals surface area contributed by atoms with E-state index in [2.05, 4.69) is 0 Å². The molecular formula is C13H23N. The third kappa shape index (κ3) is 1.50. The predicted octanol–water partition coefficient (Wildman–Crippen LogP) is 2.94. The van der Waals surface area contributed by atoms with Crippen LogP contribution in [0.25, 0.3) is 0 Å². The fourth-order valence-electron chi connectivity index (χ4n) is 3.91. The average molecular weight is 193 g/mol. The van der Waals surface area contributed by atoms with Crippen LogP contribution in [0.5, 0.6) is 0 Å². The van der Waals surface area contributed by atoms with Gasteiger partial charge in [0.1, 0.15) is 0 Å². The molecule has 14 heavy (non-hydrogen) atoms. The Bertz CT molecular complexity index is 214. The average Bonchev–Trinajstić information content (AvgIpc) is 2.89. The van der Waals surface area contributed by atoms with E-state index in [-0.39, 0.29) is 0 Å². The van der Waals surface area contributed by atoms with E-state index < -0.39 is 0 Å². The molecule has 0 amide bonds. The molecule has 3 saturated carbocycles. The van der Waals surface area contributed by atoms with E-state index >= 15 is 0 Å². The fourth-order valence-corrected chi connectivity index (χ4v) is 3.91. The zero-order valence-electron chi connectivity index (χ0n) is 9.17. The van der Waals surface area contributed by atoms with Gasteiger partial charge in [0, 0.05) is 0 Å². The van der Waals surface area contributed by atoms with Gasteiger partial charge in [0.15, 0.2) is 0 Å². The van der Waals surface area contributed by atoms with Gasteiger partial charge in [-0.3, -0.25) is 0 Å². The Morgan fingerprint density at radius 2 is 1.93 bits per heavy atom. The molecule has 0 bridgehead atoms. The lowest BCUT2D eigenvalue weighted by Crippen LogP contribution is -2.39. The second kappa shape index (κ2) is 3.23. The Morgan fingerprint density at radius 3 is 2.50 bits per heavy atom. The first-order valence-corrected chi connectivity index (χ1v) is 6.51. The van der Waals surface area contributed by atoms with Crippen LogP contribution in [0.2, 0.25) is 0 Å². The van der Waals surface area contributed by atoms with Gasteiger partial charge in [-0.2, -0.15) is 0 Å². The summed E-state index contributed by atoms with van der Waals surface area (Å²) in [6.07, 6.45) is 11.9.